The van der Waals surface area contributed by atoms with E-state index < -0.39 is 5.92 Å². The van der Waals surface area contributed by atoms with Crippen LogP contribution in [-0.2, 0) is 12.8 Å². The minimum atomic E-state index is -0.902. The van der Waals surface area contributed by atoms with E-state index in [1.807, 2.05) is 35.7 Å². The van der Waals surface area contributed by atoms with E-state index in [2.05, 4.69) is 17.1 Å². The average Bonchev–Trinajstić information content (AvgIpc) is 3.43. The van der Waals surface area contributed by atoms with Crippen LogP contribution in [0.4, 0.5) is 0 Å². The molecule has 4 rings (SSSR count). The second kappa shape index (κ2) is 8.06. The third-order valence-corrected chi connectivity index (χ3v) is 6.16. The molecule has 0 amide bonds. The van der Waals surface area contributed by atoms with Crippen LogP contribution in [0.2, 0.25) is 0 Å². The zero-order valence-electron chi connectivity index (χ0n) is 16.3. The summed E-state index contributed by atoms with van der Waals surface area (Å²) in [5, 5.41) is 12.1. The summed E-state index contributed by atoms with van der Waals surface area (Å²) in [6.45, 7) is 0. The molecule has 29 heavy (non-hydrogen) atoms. The molecule has 2 aromatic carbocycles. The summed E-state index contributed by atoms with van der Waals surface area (Å²) < 4.78 is 10.6. The Bertz CT molecular complexity index is 1110. The standard InChI is InChI=1S/C23H20N2O3S/c1-27-20-10-9-15(11-21(20)28-2)19-13-29-23(25-19)18(12-24)22(26)17-8-4-6-14-5-3-7-16(14)17/h4,6,8-11,13,18H,3,5,7H2,1-2H3. The molecule has 1 unspecified atom stereocenters. The first-order chi connectivity index (χ1) is 14.2. The number of carbonyl (C=O) groups is 1. The van der Waals surface area contributed by atoms with Gasteiger partial charge in [0.05, 0.1) is 26.0 Å². The zero-order valence-corrected chi connectivity index (χ0v) is 17.1. The molecule has 0 N–H and O–H groups in total. The number of Topliss-reactive ketones (excluding diaryl/α,β-unsaturated/α-hetero) is 1. The van der Waals surface area contributed by atoms with Gasteiger partial charge in [0.2, 0.25) is 0 Å². The lowest BCUT2D eigenvalue weighted by Crippen LogP contribution is -2.13. The lowest BCUT2D eigenvalue weighted by atomic mass is 9.93. The van der Waals surface area contributed by atoms with E-state index >= 15 is 0 Å². The van der Waals surface area contributed by atoms with Crippen molar-refractivity contribution in [2.24, 2.45) is 0 Å². The summed E-state index contributed by atoms with van der Waals surface area (Å²) in [6.07, 6.45) is 2.94. The van der Waals surface area contributed by atoms with Gasteiger partial charge in [-0.1, -0.05) is 18.2 Å². The Morgan fingerprint density at radius 2 is 2.00 bits per heavy atom. The first kappa shape index (κ1) is 19.2. The fourth-order valence-electron chi connectivity index (χ4n) is 3.78. The van der Waals surface area contributed by atoms with Crippen molar-refractivity contribution in [3.63, 3.8) is 0 Å². The molecule has 0 fully saturated rings. The van der Waals surface area contributed by atoms with Gasteiger partial charge in [-0.3, -0.25) is 4.79 Å². The number of aryl methyl sites for hydroxylation is 1. The highest BCUT2D eigenvalue weighted by Crippen LogP contribution is 2.35. The predicted octanol–water partition coefficient (Wildman–Crippen LogP) is 4.81. The monoisotopic (exact) mass is 404 g/mol. The molecule has 0 spiro atoms. The van der Waals surface area contributed by atoms with Gasteiger partial charge in [-0.25, -0.2) is 4.98 Å². The van der Waals surface area contributed by atoms with Crippen LogP contribution in [0.25, 0.3) is 11.3 Å². The Labute approximate surface area is 173 Å². The third-order valence-electron chi connectivity index (χ3n) is 5.25. The smallest absolute Gasteiger partial charge is 0.187 e. The number of carbonyl (C=O) groups excluding carboxylic acids is 1. The molecule has 146 valence electrons. The fraction of sp³-hybridized carbons (Fsp3) is 0.261. The second-order valence-corrected chi connectivity index (χ2v) is 7.75. The van der Waals surface area contributed by atoms with Crippen molar-refractivity contribution >= 4 is 17.1 Å². The molecule has 1 aromatic heterocycles. The third kappa shape index (κ3) is 3.50. The highest BCUT2D eigenvalue weighted by molar-refractivity contribution is 7.10. The Hall–Kier alpha value is -3.17. The molecule has 3 aromatic rings. The lowest BCUT2D eigenvalue weighted by Gasteiger charge is -2.10. The van der Waals surface area contributed by atoms with Gasteiger partial charge in [0.25, 0.3) is 0 Å². The number of thiazole rings is 1. The maximum absolute atomic E-state index is 13.2. The number of fused-ring (bicyclic) bond motifs is 1. The number of ketones is 1. The van der Waals surface area contributed by atoms with Gasteiger partial charge in [-0.2, -0.15) is 5.26 Å². The van der Waals surface area contributed by atoms with E-state index in [-0.39, 0.29) is 5.78 Å². The number of aromatic nitrogens is 1. The van der Waals surface area contributed by atoms with Crippen LogP contribution in [0.1, 0.15) is 38.8 Å². The van der Waals surface area contributed by atoms with Crippen molar-refractivity contribution in [2.75, 3.05) is 14.2 Å². The van der Waals surface area contributed by atoms with Gasteiger partial charge in [-0.05, 0) is 48.6 Å². The van der Waals surface area contributed by atoms with Gasteiger partial charge in [0.1, 0.15) is 5.01 Å². The molecule has 0 saturated heterocycles. The maximum atomic E-state index is 13.2. The minimum Gasteiger partial charge on any atom is -0.493 e. The van der Waals surface area contributed by atoms with E-state index in [1.165, 1.54) is 16.9 Å². The fourth-order valence-corrected chi connectivity index (χ4v) is 4.65. The predicted molar refractivity (Wildman–Crippen MR) is 112 cm³/mol. The van der Waals surface area contributed by atoms with Crippen molar-refractivity contribution in [1.82, 2.24) is 4.98 Å². The van der Waals surface area contributed by atoms with Crippen molar-refractivity contribution < 1.29 is 14.3 Å². The SMILES string of the molecule is COc1ccc(-c2csc(C(C#N)C(=O)c3cccc4c3CCC4)n2)cc1OC. The quantitative estimate of drug-likeness (QED) is 0.552. The Kier molecular flexibility index (Phi) is 5.32. The lowest BCUT2D eigenvalue weighted by molar-refractivity contribution is 0.0978. The first-order valence-corrected chi connectivity index (χ1v) is 10.3. The summed E-state index contributed by atoms with van der Waals surface area (Å²) in [5.74, 6) is 0.169. The van der Waals surface area contributed by atoms with Crippen LogP contribution in [0.5, 0.6) is 11.5 Å². The number of nitrogens with zero attached hydrogens (tertiary/aromatic N) is 2. The topological polar surface area (TPSA) is 72.2 Å². The Balaban J connectivity index is 1.66. The molecular weight excluding hydrogens is 384 g/mol. The van der Waals surface area contributed by atoms with Crippen molar-refractivity contribution in [1.29, 1.82) is 5.26 Å². The number of hydrogen-bond acceptors (Lipinski definition) is 6. The molecule has 1 aliphatic carbocycles. The Morgan fingerprint density at radius 1 is 1.17 bits per heavy atom. The molecule has 1 aliphatic rings. The normalized spacial score (nSPS) is 13.4. The number of rotatable bonds is 6. The van der Waals surface area contributed by atoms with Crippen LogP contribution < -0.4 is 9.47 Å². The zero-order chi connectivity index (χ0) is 20.4. The maximum Gasteiger partial charge on any atom is 0.187 e. The molecule has 0 radical (unpaired) electrons. The molecular formula is C23H20N2O3S. The van der Waals surface area contributed by atoms with Crippen LogP contribution in [-0.4, -0.2) is 25.0 Å². The van der Waals surface area contributed by atoms with Crippen molar-refractivity contribution in [3.05, 3.63) is 63.5 Å². The average molecular weight is 404 g/mol. The molecule has 0 bridgehead atoms. The van der Waals surface area contributed by atoms with Crippen molar-refractivity contribution in [3.8, 4) is 28.8 Å². The number of hydrogen-bond donors (Lipinski definition) is 0. The van der Waals surface area contributed by atoms with Gasteiger partial charge < -0.3 is 9.47 Å². The Morgan fingerprint density at radius 3 is 2.76 bits per heavy atom. The van der Waals surface area contributed by atoms with Gasteiger partial charge >= 0.3 is 0 Å². The van der Waals surface area contributed by atoms with E-state index in [9.17, 15) is 10.1 Å². The van der Waals surface area contributed by atoms with E-state index in [4.69, 9.17) is 9.47 Å². The highest BCUT2D eigenvalue weighted by atomic mass is 32.1. The minimum absolute atomic E-state index is 0.167. The van der Waals surface area contributed by atoms with E-state index in [1.54, 1.807) is 14.2 Å². The summed E-state index contributed by atoms with van der Waals surface area (Å²) in [7, 11) is 3.17. The van der Waals surface area contributed by atoms with Crippen LogP contribution in [0.3, 0.4) is 0 Å². The summed E-state index contributed by atoms with van der Waals surface area (Å²) >= 11 is 1.33. The molecule has 6 heteroatoms. The number of benzene rings is 2. The molecule has 0 saturated carbocycles. The summed E-state index contributed by atoms with van der Waals surface area (Å²) in [6, 6.07) is 13.5. The molecule has 1 heterocycles. The number of methoxy groups -OCH3 is 2. The van der Waals surface area contributed by atoms with Crippen LogP contribution in [0, 0.1) is 11.3 Å². The first-order valence-electron chi connectivity index (χ1n) is 9.38. The van der Waals surface area contributed by atoms with Crippen LogP contribution >= 0.6 is 11.3 Å². The molecule has 0 aliphatic heterocycles. The second-order valence-electron chi connectivity index (χ2n) is 6.86. The van der Waals surface area contributed by atoms with E-state index in [0.29, 0.717) is 27.8 Å². The molecule has 5 nitrogen and oxygen atoms in total. The number of nitriles is 1. The summed E-state index contributed by atoms with van der Waals surface area (Å²) in [4.78, 5) is 17.8. The highest BCUT2D eigenvalue weighted by Gasteiger charge is 2.28. The van der Waals surface area contributed by atoms with Gasteiger partial charge in [0, 0.05) is 16.5 Å². The summed E-state index contributed by atoms with van der Waals surface area (Å²) in [5.41, 5.74) is 4.52. The van der Waals surface area contributed by atoms with Gasteiger partial charge in [0.15, 0.2) is 23.2 Å². The van der Waals surface area contributed by atoms with Crippen LogP contribution in [0.15, 0.2) is 41.8 Å². The molecule has 1 atom stereocenters. The number of ether oxygens (including phenoxy) is 2. The van der Waals surface area contributed by atoms with Crippen molar-refractivity contribution in [2.45, 2.75) is 25.2 Å². The van der Waals surface area contributed by atoms with E-state index in [0.717, 1.165) is 30.4 Å². The van der Waals surface area contributed by atoms with Gasteiger partial charge in [-0.15, -0.1) is 11.3 Å². The largest absolute Gasteiger partial charge is 0.493 e.